The van der Waals surface area contributed by atoms with E-state index in [1.165, 1.54) is 11.3 Å². The number of ether oxygens (including phenoxy) is 1. The molecule has 0 radical (unpaired) electrons. The van der Waals surface area contributed by atoms with Gasteiger partial charge in [-0.25, -0.2) is 4.98 Å². The van der Waals surface area contributed by atoms with Crippen molar-refractivity contribution < 1.29 is 14.3 Å². The molecule has 2 aliphatic rings. The molecule has 2 atom stereocenters. The van der Waals surface area contributed by atoms with Crippen molar-refractivity contribution in [3.63, 3.8) is 0 Å². The summed E-state index contributed by atoms with van der Waals surface area (Å²) in [6.07, 6.45) is 1.91. The molecule has 1 aromatic rings. The number of aromatic nitrogens is 1. The second kappa shape index (κ2) is 6.34. The van der Waals surface area contributed by atoms with Crippen molar-refractivity contribution in [2.24, 2.45) is 0 Å². The zero-order chi connectivity index (χ0) is 15.7. The second-order valence-corrected chi connectivity index (χ2v) is 6.84. The van der Waals surface area contributed by atoms with Crippen LogP contribution in [0.1, 0.15) is 32.4 Å². The minimum absolute atomic E-state index is 0.0703. The van der Waals surface area contributed by atoms with Gasteiger partial charge in [-0.3, -0.25) is 14.5 Å². The van der Waals surface area contributed by atoms with Crippen molar-refractivity contribution in [3.8, 4) is 0 Å². The zero-order valence-electron chi connectivity index (χ0n) is 12.9. The predicted octanol–water partition coefficient (Wildman–Crippen LogP) is 1.45. The molecule has 2 unspecified atom stereocenters. The van der Waals surface area contributed by atoms with Gasteiger partial charge in [0.25, 0.3) is 0 Å². The molecule has 0 aliphatic carbocycles. The number of anilines is 1. The number of carbonyl (C=O) groups is 2. The largest absolute Gasteiger partial charge is 0.372 e. The van der Waals surface area contributed by atoms with Crippen molar-refractivity contribution in [1.82, 2.24) is 9.88 Å². The van der Waals surface area contributed by atoms with E-state index in [9.17, 15) is 9.59 Å². The Labute approximate surface area is 134 Å². The Balaban J connectivity index is 1.62. The minimum atomic E-state index is 0.0703. The van der Waals surface area contributed by atoms with Gasteiger partial charge in [0.15, 0.2) is 5.13 Å². The Hall–Kier alpha value is -1.47. The van der Waals surface area contributed by atoms with Gasteiger partial charge in [0.05, 0.1) is 24.3 Å². The van der Waals surface area contributed by atoms with Crippen LogP contribution in [-0.4, -0.2) is 53.5 Å². The molecular formula is C15H21N3O3S. The van der Waals surface area contributed by atoms with E-state index in [0.717, 1.165) is 18.7 Å². The fourth-order valence-corrected chi connectivity index (χ4v) is 3.87. The van der Waals surface area contributed by atoms with E-state index in [4.69, 9.17) is 4.74 Å². The summed E-state index contributed by atoms with van der Waals surface area (Å²) >= 11 is 1.44. The molecule has 0 bridgehead atoms. The third kappa shape index (κ3) is 3.30. The smallest absolute Gasteiger partial charge is 0.228 e. The lowest BCUT2D eigenvalue weighted by Crippen LogP contribution is -2.48. The van der Waals surface area contributed by atoms with E-state index in [1.807, 2.05) is 24.1 Å². The highest BCUT2D eigenvalue weighted by Crippen LogP contribution is 2.25. The first-order valence-electron chi connectivity index (χ1n) is 7.71. The minimum Gasteiger partial charge on any atom is -0.372 e. The highest BCUT2D eigenvalue weighted by atomic mass is 32.1. The Morgan fingerprint density at radius 1 is 1.41 bits per heavy atom. The van der Waals surface area contributed by atoms with Gasteiger partial charge in [-0.2, -0.15) is 0 Å². The monoisotopic (exact) mass is 323 g/mol. The second-order valence-electron chi connectivity index (χ2n) is 6.00. The van der Waals surface area contributed by atoms with Crippen LogP contribution in [0.15, 0.2) is 5.38 Å². The number of thiazole rings is 1. The van der Waals surface area contributed by atoms with Crippen LogP contribution in [0.25, 0.3) is 0 Å². The van der Waals surface area contributed by atoms with Gasteiger partial charge in [0, 0.05) is 31.4 Å². The van der Waals surface area contributed by atoms with E-state index in [0.29, 0.717) is 24.6 Å². The van der Waals surface area contributed by atoms with Gasteiger partial charge in [0.2, 0.25) is 11.8 Å². The fraction of sp³-hybridized carbons (Fsp3) is 0.667. The lowest BCUT2D eigenvalue weighted by molar-refractivity contribution is -0.142. The van der Waals surface area contributed by atoms with Gasteiger partial charge in [-0.1, -0.05) is 0 Å². The van der Waals surface area contributed by atoms with Crippen molar-refractivity contribution in [2.75, 3.05) is 24.5 Å². The fourth-order valence-electron chi connectivity index (χ4n) is 3.00. The number of rotatable bonds is 3. The number of nitrogens with zero attached hydrogens (tertiary/aromatic N) is 3. The van der Waals surface area contributed by atoms with Crippen molar-refractivity contribution in [2.45, 2.75) is 45.3 Å². The summed E-state index contributed by atoms with van der Waals surface area (Å²) in [6, 6.07) is 0. The van der Waals surface area contributed by atoms with Crippen LogP contribution < -0.4 is 4.90 Å². The Morgan fingerprint density at radius 2 is 2.14 bits per heavy atom. The van der Waals surface area contributed by atoms with Crippen molar-refractivity contribution in [3.05, 3.63) is 11.1 Å². The molecule has 1 aromatic heterocycles. The molecule has 2 amide bonds. The molecule has 3 rings (SSSR count). The van der Waals surface area contributed by atoms with Crippen LogP contribution >= 0.6 is 11.3 Å². The molecule has 3 heterocycles. The van der Waals surface area contributed by atoms with Gasteiger partial charge in [0.1, 0.15) is 0 Å². The Bertz CT molecular complexity index is 564. The van der Waals surface area contributed by atoms with Crippen LogP contribution in [0.3, 0.4) is 0 Å². The first-order valence-corrected chi connectivity index (χ1v) is 8.59. The molecule has 0 aromatic carbocycles. The number of hydrogen-bond donors (Lipinski definition) is 0. The maximum atomic E-state index is 12.4. The van der Waals surface area contributed by atoms with E-state index >= 15 is 0 Å². The third-order valence-corrected chi connectivity index (χ3v) is 4.86. The molecule has 0 spiro atoms. The van der Waals surface area contributed by atoms with E-state index < -0.39 is 0 Å². The lowest BCUT2D eigenvalue weighted by Gasteiger charge is -2.35. The number of morpholine rings is 1. The molecule has 2 saturated heterocycles. The summed E-state index contributed by atoms with van der Waals surface area (Å²) in [4.78, 5) is 32.2. The quantitative estimate of drug-likeness (QED) is 0.844. The van der Waals surface area contributed by atoms with Crippen LogP contribution in [-0.2, 0) is 20.7 Å². The van der Waals surface area contributed by atoms with Crippen molar-refractivity contribution in [1.29, 1.82) is 0 Å². The molecular weight excluding hydrogens is 302 g/mol. The van der Waals surface area contributed by atoms with Gasteiger partial charge < -0.3 is 9.64 Å². The first kappa shape index (κ1) is 15.4. The molecule has 0 N–H and O–H groups in total. The average molecular weight is 323 g/mol. The van der Waals surface area contributed by atoms with E-state index in [2.05, 4.69) is 4.98 Å². The molecule has 7 heteroatoms. The topological polar surface area (TPSA) is 62.7 Å². The van der Waals surface area contributed by atoms with Crippen LogP contribution in [0.5, 0.6) is 0 Å². The number of amides is 2. The number of hydrogen-bond acceptors (Lipinski definition) is 5. The summed E-state index contributed by atoms with van der Waals surface area (Å²) in [5, 5.41) is 2.60. The molecule has 120 valence electrons. The molecule has 22 heavy (non-hydrogen) atoms. The predicted molar refractivity (Wildman–Crippen MR) is 84.0 cm³/mol. The Kier molecular flexibility index (Phi) is 4.44. The zero-order valence-corrected chi connectivity index (χ0v) is 13.8. The van der Waals surface area contributed by atoms with Crippen LogP contribution in [0.4, 0.5) is 5.13 Å². The summed E-state index contributed by atoms with van der Waals surface area (Å²) in [5.74, 6) is 0.203. The van der Waals surface area contributed by atoms with Gasteiger partial charge in [-0.05, 0) is 20.3 Å². The number of carbonyl (C=O) groups excluding carboxylic acids is 2. The lowest BCUT2D eigenvalue weighted by atomic mass is 10.2. The highest BCUT2D eigenvalue weighted by molar-refractivity contribution is 7.14. The summed E-state index contributed by atoms with van der Waals surface area (Å²) in [7, 11) is 0. The molecule has 2 aliphatic heterocycles. The molecule has 2 fully saturated rings. The van der Waals surface area contributed by atoms with E-state index in [1.54, 1.807) is 4.90 Å². The third-order valence-electron chi connectivity index (χ3n) is 3.95. The maximum absolute atomic E-state index is 12.4. The standard InChI is InChI=1S/C15H21N3O3S/c1-10-7-17(8-11(2)21-10)14(20)6-12-9-22-15(16-12)18-5-3-4-13(18)19/h9-11H,3-8H2,1-2H3. The average Bonchev–Trinajstić information content (AvgIpc) is 3.06. The maximum Gasteiger partial charge on any atom is 0.228 e. The van der Waals surface area contributed by atoms with Gasteiger partial charge in [-0.15, -0.1) is 11.3 Å². The highest BCUT2D eigenvalue weighted by Gasteiger charge is 2.27. The summed E-state index contributed by atoms with van der Waals surface area (Å²) in [6.45, 7) is 5.96. The Morgan fingerprint density at radius 3 is 2.77 bits per heavy atom. The molecule has 0 saturated carbocycles. The normalized spacial score (nSPS) is 25.8. The van der Waals surface area contributed by atoms with Crippen LogP contribution in [0, 0.1) is 0 Å². The SMILES string of the molecule is CC1CN(C(=O)Cc2csc(N3CCCC3=O)n2)CC(C)O1. The first-order chi connectivity index (χ1) is 10.5. The van der Waals surface area contributed by atoms with E-state index in [-0.39, 0.29) is 30.4 Å². The van der Waals surface area contributed by atoms with Crippen molar-refractivity contribution >= 4 is 28.3 Å². The summed E-state index contributed by atoms with van der Waals surface area (Å²) in [5.41, 5.74) is 0.747. The summed E-state index contributed by atoms with van der Waals surface area (Å²) < 4.78 is 5.65. The van der Waals surface area contributed by atoms with Gasteiger partial charge >= 0.3 is 0 Å². The molecule has 6 nitrogen and oxygen atoms in total. The van der Waals surface area contributed by atoms with Crippen LogP contribution in [0.2, 0.25) is 0 Å².